The first-order valence-electron chi connectivity index (χ1n) is 8.28. The number of nitrogens with zero attached hydrogens (tertiary/aromatic N) is 3. The summed E-state index contributed by atoms with van der Waals surface area (Å²) < 4.78 is 119. The maximum Gasteiger partial charge on any atom is 0.417 e. The van der Waals surface area contributed by atoms with Crippen molar-refractivity contribution in [2.24, 2.45) is 0 Å². The Morgan fingerprint density at radius 1 is 1.03 bits per heavy atom. The lowest BCUT2D eigenvalue weighted by molar-refractivity contribution is -0.255. The van der Waals surface area contributed by atoms with Crippen molar-refractivity contribution in [3.8, 4) is 5.82 Å². The van der Waals surface area contributed by atoms with E-state index in [2.05, 4.69) is 9.97 Å². The van der Waals surface area contributed by atoms with Gasteiger partial charge in [0, 0.05) is 12.3 Å². The summed E-state index contributed by atoms with van der Waals surface area (Å²) >= 11 is 5.53. The van der Waals surface area contributed by atoms with Crippen LogP contribution in [0.25, 0.3) is 16.9 Å². The molecule has 0 radical (unpaired) electrons. The number of hydrogen-bond acceptors (Lipinski definition) is 4. The molecule has 0 aliphatic heterocycles. The van der Waals surface area contributed by atoms with Gasteiger partial charge in [-0.15, -0.1) is 0 Å². The van der Waals surface area contributed by atoms with Crippen LogP contribution in [-0.2, 0) is 0 Å². The van der Waals surface area contributed by atoms with E-state index in [0.717, 1.165) is 0 Å². The summed E-state index contributed by atoms with van der Waals surface area (Å²) in [6.07, 6.45) is -11.2. The lowest BCUT2D eigenvalue weighted by Crippen LogP contribution is -2.55. The first kappa shape index (κ1) is 24.3. The molecule has 0 spiro atoms. The standard InChI is InChI=1S/C17H6ClF9N4O2/c18-11-8(20)2-6-10(32)7(14(33)30-15(16(22,23)24)17(25,26)27)4-31(12(6)29-11)13-9(21)1-5(19)3-28-13/h1-4,15H,(H,30,33). The largest absolute Gasteiger partial charge is 0.417 e. The van der Waals surface area contributed by atoms with Crippen LogP contribution in [0.5, 0.6) is 0 Å². The van der Waals surface area contributed by atoms with Gasteiger partial charge in [0.05, 0.1) is 11.6 Å². The van der Waals surface area contributed by atoms with Crippen LogP contribution in [0.1, 0.15) is 10.4 Å². The van der Waals surface area contributed by atoms with E-state index in [-0.39, 0.29) is 0 Å². The summed E-state index contributed by atoms with van der Waals surface area (Å²) in [6.45, 7) is 0. The fourth-order valence-electron chi connectivity index (χ4n) is 2.67. The number of alkyl halides is 6. The predicted molar refractivity (Wildman–Crippen MR) is 93.4 cm³/mol. The van der Waals surface area contributed by atoms with Crippen LogP contribution in [-0.4, -0.2) is 38.8 Å². The monoisotopic (exact) mass is 504 g/mol. The van der Waals surface area contributed by atoms with Crippen molar-refractivity contribution < 1.29 is 44.3 Å². The van der Waals surface area contributed by atoms with Gasteiger partial charge in [-0.3, -0.25) is 14.2 Å². The lowest BCUT2D eigenvalue weighted by Gasteiger charge is -2.24. The quantitative estimate of drug-likeness (QED) is 0.431. The molecule has 1 amide bonds. The second-order valence-corrected chi connectivity index (χ2v) is 6.68. The minimum Gasteiger partial charge on any atom is -0.333 e. The van der Waals surface area contributed by atoms with Crippen molar-refractivity contribution in [2.45, 2.75) is 18.4 Å². The van der Waals surface area contributed by atoms with Crippen molar-refractivity contribution in [1.82, 2.24) is 19.9 Å². The second kappa shape index (κ2) is 8.20. The molecule has 0 aliphatic carbocycles. The van der Waals surface area contributed by atoms with Gasteiger partial charge < -0.3 is 5.32 Å². The number of fused-ring (bicyclic) bond motifs is 1. The predicted octanol–water partition coefficient (Wildman–Crippen LogP) is 4.07. The van der Waals surface area contributed by atoms with Crippen LogP contribution in [0.4, 0.5) is 39.5 Å². The van der Waals surface area contributed by atoms with Gasteiger partial charge in [0.15, 0.2) is 28.3 Å². The van der Waals surface area contributed by atoms with Gasteiger partial charge in [-0.25, -0.2) is 23.1 Å². The zero-order valence-electron chi connectivity index (χ0n) is 15.3. The number of nitrogens with one attached hydrogen (secondary N) is 1. The van der Waals surface area contributed by atoms with Crippen LogP contribution in [0.3, 0.4) is 0 Å². The first-order valence-corrected chi connectivity index (χ1v) is 8.66. The topological polar surface area (TPSA) is 76.9 Å². The zero-order chi connectivity index (χ0) is 24.9. The normalized spacial score (nSPS) is 12.5. The van der Waals surface area contributed by atoms with E-state index in [0.29, 0.717) is 34.4 Å². The molecule has 3 heterocycles. The summed E-state index contributed by atoms with van der Waals surface area (Å²) in [7, 11) is 0. The Balaban J connectivity index is 2.29. The van der Waals surface area contributed by atoms with Crippen LogP contribution in [0.15, 0.2) is 29.3 Å². The van der Waals surface area contributed by atoms with Gasteiger partial charge in [0.1, 0.15) is 11.4 Å². The highest BCUT2D eigenvalue weighted by molar-refractivity contribution is 6.29. The number of rotatable bonds is 3. The number of hydrogen-bond donors (Lipinski definition) is 1. The molecule has 0 saturated heterocycles. The third-order valence-electron chi connectivity index (χ3n) is 4.08. The maximum atomic E-state index is 14.3. The van der Waals surface area contributed by atoms with Crippen molar-refractivity contribution in [3.63, 3.8) is 0 Å². The molecular weight excluding hydrogens is 499 g/mol. The minimum atomic E-state index is -5.99. The number of pyridine rings is 3. The van der Waals surface area contributed by atoms with Gasteiger partial charge in [-0.1, -0.05) is 11.6 Å². The van der Waals surface area contributed by atoms with Gasteiger partial charge >= 0.3 is 12.4 Å². The molecule has 3 aromatic rings. The molecule has 0 aromatic carbocycles. The van der Waals surface area contributed by atoms with E-state index in [1.165, 1.54) is 0 Å². The minimum absolute atomic E-state index is 0.292. The van der Waals surface area contributed by atoms with Crippen molar-refractivity contribution in [3.05, 3.63) is 62.9 Å². The molecule has 1 N–H and O–H groups in total. The highest BCUT2D eigenvalue weighted by Gasteiger charge is 2.57. The van der Waals surface area contributed by atoms with E-state index < -0.39 is 74.7 Å². The summed E-state index contributed by atoms with van der Waals surface area (Å²) in [5.41, 5.74) is -3.60. The summed E-state index contributed by atoms with van der Waals surface area (Å²) in [6, 6.07) is -3.69. The molecule has 33 heavy (non-hydrogen) atoms. The molecule has 176 valence electrons. The summed E-state index contributed by atoms with van der Waals surface area (Å²) in [5.74, 6) is -7.00. The van der Waals surface area contributed by atoms with Crippen molar-refractivity contribution >= 4 is 28.5 Å². The number of aromatic nitrogens is 3. The Hall–Kier alpha value is -3.36. The highest BCUT2D eigenvalue weighted by Crippen LogP contribution is 2.33. The number of carbonyl (C=O) groups is 1. The van der Waals surface area contributed by atoms with Crippen LogP contribution < -0.4 is 10.7 Å². The second-order valence-electron chi connectivity index (χ2n) is 6.32. The van der Waals surface area contributed by atoms with Crippen molar-refractivity contribution in [2.75, 3.05) is 0 Å². The van der Waals surface area contributed by atoms with E-state index >= 15 is 0 Å². The molecule has 0 atom stereocenters. The first-order chi connectivity index (χ1) is 15.1. The molecule has 3 rings (SSSR count). The van der Waals surface area contributed by atoms with E-state index in [4.69, 9.17) is 11.6 Å². The van der Waals surface area contributed by atoms with Gasteiger partial charge in [-0.05, 0) is 6.07 Å². The van der Waals surface area contributed by atoms with Gasteiger partial charge in [-0.2, -0.15) is 26.3 Å². The third kappa shape index (κ3) is 4.72. The number of carbonyl (C=O) groups excluding carboxylic acids is 1. The molecule has 0 aliphatic rings. The number of halogens is 10. The van der Waals surface area contributed by atoms with E-state index in [1.54, 1.807) is 0 Å². The molecule has 0 fully saturated rings. The van der Waals surface area contributed by atoms with Crippen LogP contribution in [0, 0.1) is 17.5 Å². The maximum absolute atomic E-state index is 14.3. The lowest BCUT2D eigenvalue weighted by atomic mass is 10.1. The fourth-order valence-corrected chi connectivity index (χ4v) is 2.80. The molecule has 16 heteroatoms. The third-order valence-corrected chi connectivity index (χ3v) is 4.35. The summed E-state index contributed by atoms with van der Waals surface area (Å²) in [5, 5.41) is -1.10. The van der Waals surface area contributed by atoms with E-state index in [1.807, 2.05) is 0 Å². The SMILES string of the molecule is O=C(NC(C(F)(F)F)C(F)(F)F)c1cn(-c2ncc(F)cc2F)c2nc(Cl)c(F)cc2c1=O. The van der Waals surface area contributed by atoms with E-state index in [9.17, 15) is 49.1 Å². The Bertz CT molecular complexity index is 1310. The Morgan fingerprint density at radius 2 is 1.64 bits per heavy atom. The molecule has 0 bridgehead atoms. The molecule has 0 saturated carbocycles. The van der Waals surface area contributed by atoms with Gasteiger partial charge in [0.25, 0.3) is 5.91 Å². The fraction of sp³-hybridized carbons (Fsp3) is 0.176. The Morgan fingerprint density at radius 3 is 2.18 bits per heavy atom. The number of amides is 1. The summed E-state index contributed by atoms with van der Waals surface area (Å²) in [4.78, 5) is 31.7. The van der Waals surface area contributed by atoms with Crippen LogP contribution in [0.2, 0.25) is 5.15 Å². The smallest absolute Gasteiger partial charge is 0.333 e. The average Bonchev–Trinajstić information content (AvgIpc) is 2.66. The Labute approximate surface area is 180 Å². The molecule has 0 unspecified atom stereocenters. The zero-order valence-corrected chi connectivity index (χ0v) is 16.1. The Kier molecular flexibility index (Phi) is 6.04. The van der Waals surface area contributed by atoms with Gasteiger partial charge in [0.2, 0.25) is 11.5 Å². The molecule has 6 nitrogen and oxygen atoms in total. The average molecular weight is 505 g/mol. The van der Waals surface area contributed by atoms with Crippen molar-refractivity contribution in [1.29, 1.82) is 0 Å². The molecule has 3 aromatic heterocycles. The van der Waals surface area contributed by atoms with Crippen LogP contribution >= 0.6 is 11.6 Å². The molecular formula is C17H6ClF9N4O2. The highest BCUT2D eigenvalue weighted by atomic mass is 35.5.